The number of nitrogens with zero attached hydrogens (tertiary/aromatic N) is 4. The number of amides is 1. The lowest BCUT2D eigenvalue weighted by molar-refractivity contribution is -0.181. The summed E-state index contributed by atoms with van der Waals surface area (Å²) in [4.78, 5) is 25.0. The summed E-state index contributed by atoms with van der Waals surface area (Å²) < 4.78 is 11.4. The molecule has 3 heterocycles. The summed E-state index contributed by atoms with van der Waals surface area (Å²) in [5.74, 6) is 0.285. The first-order valence-electron chi connectivity index (χ1n) is 8.31. The predicted octanol–water partition coefficient (Wildman–Crippen LogP) is 1.30. The van der Waals surface area contributed by atoms with E-state index < -0.39 is 5.79 Å². The Morgan fingerprint density at radius 1 is 1.22 bits per heavy atom. The molecule has 2 aliphatic heterocycles. The number of hydrogen-bond acceptors (Lipinski definition) is 6. The molecule has 0 N–H and O–H groups in total. The van der Waals surface area contributed by atoms with Crippen LogP contribution < -0.4 is 4.90 Å². The van der Waals surface area contributed by atoms with Gasteiger partial charge in [0.1, 0.15) is 17.8 Å². The summed E-state index contributed by atoms with van der Waals surface area (Å²) in [5.41, 5.74) is 0.450. The van der Waals surface area contributed by atoms with Gasteiger partial charge >= 0.3 is 0 Å². The first-order chi connectivity index (χ1) is 11.2. The molecule has 7 heteroatoms. The van der Waals surface area contributed by atoms with Gasteiger partial charge in [-0.05, 0) is 13.8 Å². The Kier molecular flexibility index (Phi) is 4.77. The van der Waals surface area contributed by atoms with Gasteiger partial charge in [0.2, 0.25) is 0 Å². The quantitative estimate of drug-likeness (QED) is 0.833. The molecule has 0 atom stereocenters. The molecule has 0 aromatic carbocycles. The van der Waals surface area contributed by atoms with E-state index in [2.05, 4.69) is 28.7 Å². The van der Waals surface area contributed by atoms with Crippen molar-refractivity contribution in [2.75, 3.05) is 44.3 Å². The molecule has 0 unspecified atom stereocenters. The predicted molar refractivity (Wildman–Crippen MR) is 85.4 cm³/mol. The van der Waals surface area contributed by atoms with Crippen LogP contribution in [0.15, 0.2) is 12.4 Å². The van der Waals surface area contributed by atoms with Crippen molar-refractivity contribution >= 4 is 11.7 Å². The van der Waals surface area contributed by atoms with Crippen LogP contribution in [0.3, 0.4) is 0 Å². The van der Waals surface area contributed by atoms with E-state index >= 15 is 0 Å². The Balaban J connectivity index is 1.68. The summed E-state index contributed by atoms with van der Waals surface area (Å²) in [6, 6.07) is 1.78. The van der Waals surface area contributed by atoms with Gasteiger partial charge in [-0.3, -0.25) is 4.79 Å². The number of carbonyl (C=O) groups is 1. The lowest BCUT2D eigenvalue weighted by atomic mass is 10.0. The van der Waals surface area contributed by atoms with Crippen molar-refractivity contribution in [2.24, 2.45) is 0 Å². The molecule has 2 saturated heterocycles. The van der Waals surface area contributed by atoms with Gasteiger partial charge in [0, 0.05) is 45.1 Å². The fraction of sp³-hybridized carbons (Fsp3) is 0.688. The Bertz CT molecular complexity index is 546. The van der Waals surface area contributed by atoms with E-state index in [0.717, 1.165) is 18.9 Å². The molecule has 7 nitrogen and oxygen atoms in total. The second-order valence-corrected chi connectivity index (χ2v) is 5.83. The molecular formula is C16H24N4O3. The van der Waals surface area contributed by atoms with Crippen molar-refractivity contribution in [1.29, 1.82) is 0 Å². The molecule has 1 spiro atoms. The van der Waals surface area contributed by atoms with Gasteiger partial charge in [0.15, 0.2) is 5.79 Å². The zero-order valence-corrected chi connectivity index (χ0v) is 13.8. The largest absolute Gasteiger partial charge is 0.357 e. The summed E-state index contributed by atoms with van der Waals surface area (Å²) in [7, 11) is 0. The summed E-state index contributed by atoms with van der Waals surface area (Å²) in [6.45, 7) is 8.38. The molecule has 126 valence electrons. The third-order valence-electron chi connectivity index (χ3n) is 4.59. The zero-order chi connectivity index (χ0) is 16.3. The first kappa shape index (κ1) is 16.1. The first-order valence-corrected chi connectivity index (χ1v) is 8.31. The highest BCUT2D eigenvalue weighted by atomic mass is 16.7. The lowest BCUT2D eigenvalue weighted by Gasteiger charge is -2.37. The summed E-state index contributed by atoms with van der Waals surface area (Å²) >= 11 is 0. The number of rotatable bonds is 4. The maximum absolute atomic E-state index is 12.7. The van der Waals surface area contributed by atoms with Gasteiger partial charge < -0.3 is 19.3 Å². The average molecular weight is 320 g/mol. The number of carbonyl (C=O) groups excluding carboxylic acids is 1. The molecule has 0 saturated carbocycles. The van der Waals surface area contributed by atoms with Gasteiger partial charge in [-0.1, -0.05) is 0 Å². The fourth-order valence-corrected chi connectivity index (χ4v) is 3.18. The molecule has 3 rings (SSSR count). The van der Waals surface area contributed by atoms with E-state index in [9.17, 15) is 4.79 Å². The van der Waals surface area contributed by atoms with Crippen LogP contribution in [0.1, 0.15) is 37.2 Å². The van der Waals surface area contributed by atoms with Crippen molar-refractivity contribution < 1.29 is 14.3 Å². The average Bonchev–Trinajstić information content (AvgIpc) is 3.04. The van der Waals surface area contributed by atoms with Crippen molar-refractivity contribution in [1.82, 2.24) is 14.9 Å². The number of anilines is 1. The molecule has 23 heavy (non-hydrogen) atoms. The molecule has 1 amide bonds. The van der Waals surface area contributed by atoms with Crippen LogP contribution in [0.4, 0.5) is 5.82 Å². The van der Waals surface area contributed by atoms with E-state index in [0.29, 0.717) is 44.8 Å². The van der Waals surface area contributed by atoms with E-state index in [-0.39, 0.29) is 5.91 Å². The lowest BCUT2D eigenvalue weighted by Crippen LogP contribution is -2.47. The molecule has 0 bridgehead atoms. The Hall–Kier alpha value is -1.73. The number of ether oxygens (including phenoxy) is 2. The summed E-state index contributed by atoms with van der Waals surface area (Å²) in [5, 5.41) is 0. The smallest absolute Gasteiger partial charge is 0.272 e. The molecule has 0 aliphatic carbocycles. The second-order valence-electron chi connectivity index (χ2n) is 5.83. The van der Waals surface area contributed by atoms with Crippen molar-refractivity contribution in [3.63, 3.8) is 0 Å². The van der Waals surface area contributed by atoms with Crippen LogP contribution in [-0.4, -0.2) is 66.0 Å². The normalized spacial score (nSPS) is 20.0. The minimum Gasteiger partial charge on any atom is -0.357 e. The van der Waals surface area contributed by atoms with Crippen LogP contribution in [-0.2, 0) is 9.47 Å². The minimum absolute atomic E-state index is 0.0475. The zero-order valence-electron chi connectivity index (χ0n) is 13.8. The van der Waals surface area contributed by atoms with Crippen molar-refractivity contribution in [3.05, 3.63) is 18.1 Å². The third kappa shape index (κ3) is 3.30. The van der Waals surface area contributed by atoms with E-state index in [1.165, 1.54) is 6.33 Å². The van der Waals surface area contributed by atoms with Gasteiger partial charge in [0.05, 0.1) is 13.2 Å². The Morgan fingerprint density at radius 3 is 2.48 bits per heavy atom. The summed E-state index contributed by atoms with van der Waals surface area (Å²) in [6.07, 6.45) is 2.90. The van der Waals surface area contributed by atoms with Crippen molar-refractivity contribution in [2.45, 2.75) is 32.5 Å². The molecular weight excluding hydrogens is 296 g/mol. The highest BCUT2D eigenvalue weighted by Crippen LogP contribution is 2.31. The standard InChI is InChI=1S/C16H24N4O3/c1-3-19(4-2)14-11-13(17-12-18-14)15(21)20-7-5-16(6-8-20)22-9-10-23-16/h11-12H,3-10H2,1-2H3. The van der Waals surface area contributed by atoms with Crippen molar-refractivity contribution in [3.8, 4) is 0 Å². The monoisotopic (exact) mass is 320 g/mol. The van der Waals surface area contributed by atoms with E-state index in [1.807, 2.05) is 4.90 Å². The van der Waals surface area contributed by atoms with E-state index in [4.69, 9.17) is 9.47 Å². The van der Waals surface area contributed by atoms with Gasteiger partial charge in [0.25, 0.3) is 5.91 Å². The third-order valence-corrected chi connectivity index (χ3v) is 4.59. The number of hydrogen-bond donors (Lipinski definition) is 0. The topological polar surface area (TPSA) is 67.8 Å². The molecule has 1 aromatic rings. The van der Waals surface area contributed by atoms with Crippen LogP contribution in [0.5, 0.6) is 0 Å². The Morgan fingerprint density at radius 2 is 1.87 bits per heavy atom. The van der Waals surface area contributed by atoms with Crippen LogP contribution in [0, 0.1) is 0 Å². The van der Waals surface area contributed by atoms with Gasteiger partial charge in [-0.2, -0.15) is 0 Å². The van der Waals surface area contributed by atoms with E-state index in [1.54, 1.807) is 6.07 Å². The SMILES string of the molecule is CCN(CC)c1cc(C(=O)N2CCC3(CC2)OCCO3)ncn1. The molecule has 0 radical (unpaired) electrons. The van der Waals surface area contributed by atoms with Crippen LogP contribution in [0.2, 0.25) is 0 Å². The maximum Gasteiger partial charge on any atom is 0.272 e. The van der Waals surface area contributed by atoms with Crippen LogP contribution in [0.25, 0.3) is 0 Å². The van der Waals surface area contributed by atoms with Crippen LogP contribution >= 0.6 is 0 Å². The number of piperidine rings is 1. The highest BCUT2D eigenvalue weighted by Gasteiger charge is 2.41. The minimum atomic E-state index is -0.463. The number of aromatic nitrogens is 2. The second kappa shape index (κ2) is 6.80. The molecule has 2 aliphatic rings. The van der Waals surface area contributed by atoms with Gasteiger partial charge in [-0.15, -0.1) is 0 Å². The maximum atomic E-state index is 12.7. The fourth-order valence-electron chi connectivity index (χ4n) is 3.18. The molecule has 1 aromatic heterocycles. The van der Waals surface area contributed by atoms with Gasteiger partial charge in [-0.25, -0.2) is 9.97 Å². The number of likely N-dealkylation sites (tertiary alicyclic amines) is 1. The Labute approximate surface area is 136 Å². The molecule has 2 fully saturated rings. The highest BCUT2D eigenvalue weighted by molar-refractivity contribution is 5.93.